The summed E-state index contributed by atoms with van der Waals surface area (Å²) in [4.78, 5) is 4.32. The Morgan fingerprint density at radius 2 is 1.94 bits per heavy atom. The average Bonchev–Trinajstić information content (AvgIpc) is 2.81. The van der Waals surface area contributed by atoms with E-state index in [0.717, 1.165) is 5.56 Å². The summed E-state index contributed by atoms with van der Waals surface area (Å²) in [7, 11) is 0. The van der Waals surface area contributed by atoms with Crippen LogP contribution in [-0.4, -0.2) is 16.7 Å². The van der Waals surface area contributed by atoms with Crippen molar-refractivity contribution < 1.29 is 8.91 Å². The van der Waals surface area contributed by atoms with Crippen LogP contribution in [0.5, 0.6) is 0 Å². The van der Waals surface area contributed by atoms with Gasteiger partial charge in [-0.3, -0.25) is 0 Å². The molecule has 0 aliphatic rings. The van der Waals surface area contributed by atoms with E-state index in [0.29, 0.717) is 24.7 Å². The van der Waals surface area contributed by atoms with E-state index in [2.05, 4.69) is 10.1 Å². The predicted octanol–water partition coefficient (Wildman–Crippen LogP) is 2.04. The monoisotopic (exact) mass is 249 g/mol. The van der Waals surface area contributed by atoms with Gasteiger partial charge in [0.2, 0.25) is 5.89 Å². The van der Waals surface area contributed by atoms with Gasteiger partial charge >= 0.3 is 0 Å². The number of hydrogen-bond acceptors (Lipinski definition) is 4. The highest BCUT2D eigenvalue weighted by Crippen LogP contribution is 2.20. The Morgan fingerprint density at radius 3 is 2.56 bits per heavy atom. The molecule has 2 aromatic rings. The molecule has 1 heterocycles. The van der Waals surface area contributed by atoms with Crippen molar-refractivity contribution >= 4 is 0 Å². The van der Waals surface area contributed by atoms with Crippen LogP contribution in [0.15, 0.2) is 28.8 Å². The van der Waals surface area contributed by atoms with E-state index in [4.69, 9.17) is 10.3 Å². The molecular weight excluding hydrogens is 233 g/mol. The lowest BCUT2D eigenvalue weighted by Gasteiger charge is -2.15. The highest BCUT2D eigenvalue weighted by Gasteiger charge is 2.25. The van der Waals surface area contributed by atoms with Crippen LogP contribution in [0.25, 0.3) is 0 Å². The van der Waals surface area contributed by atoms with E-state index < -0.39 is 0 Å². The fourth-order valence-corrected chi connectivity index (χ4v) is 1.47. The van der Waals surface area contributed by atoms with Gasteiger partial charge in [0, 0.05) is 13.0 Å². The molecule has 0 atom stereocenters. The van der Waals surface area contributed by atoms with Gasteiger partial charge in [0.05, 0.1) is 5.41 Å². The summed E-state index contributed by atoms with van der Waals surface area (Å²) in [5, 5.41) is 3.91. The van der Waals surface area contributed by atoms with E-state index in [-0.39, 0.29) is 11.2 Å². The van der Waals surface area contributed by atoms with Crippen LogP contribution >= 0.6 is 0 Å². The van der Waals surface area contributed by atoms with Crippen molar-refractivity contribution in [2.45, 2.75) is 25.7 Å². The fourth-order valence-electron chi connectivity index (χ4n) is 1.47. The zero-order valence-electron chi connectivity index (χ0n) is 10.5. The average molecular weight is 249 g/mol. The molecule has 0 radical (unpaired) electrons. The maximum atomic E-state index is 12.8. The Labute approximate surface area is 105 Å². The molecule has 0 fully saturated rings. The lowest BCUT2D eigenvalue weighted by Crippen LogP contribution is -2.28. The molecule has 5 heteroatoms. The molecule has 1 aromatic heterocycles. The van der Waals surface area contributed by atoms with Crippen LogP contribution in [0.3, 0.4) is 0 Å². The van der Waals surface area contributed by atoms with E-state index in [1.165, 1.54) is 12.1 Å². The van der Waals surface area contributed by atoms with Crippen molar-refractivity contribution in [2.75, 3.05) is 6.54 Å². The second-order valence-corrected chi connectivity index (χ2v) is 4.91. The molecule has 96 valence electrons. The molecular formula is C13H16FN3O. The zero-order chi connectivity index (χ0) is 13.2. The number of halogens is 1. The highest BCUT2D eigenvalue weighted by atomic mass is 19.1. The smallest absolute Gasteiger partial charge is 0.233 e. The topological polar surface area (TPSA) is 64.9 Å². The molecule has 18 heavy (non-hydrogen) atoms. The molecule has 0 unspecified atom stereocenters. The van der Waals surface area contributed by atoms with Crippen molar-refractivity contribution in [3.05, 3.63) is 47.4 Å². The van der Waals surface area contributed by atoms with Gasteiger partial charge in [-0.2, -0.15) is 4.98 Å². The first-order valence-electron chi connectivity index (χ1n) is 5.79. The van der Waals surface area contributed by atoms with Gasteiger partial charge in [-0.25, -0.2) is 4.39 Å². The van der Waals surface area contributed by atoms with Gasteiger partial charge < -0.3 is 10.3 Å². The van der Waals surface area contributed by atoms with Crippen molar-refractivity contribution in [1.29, 1.82) is 0 Å². The van der Waals surface area contributed by atoms with Crippen molar-refractivity contribution in [2.24, 2.45) is 5.73 Å². The molecule has 1 aromatic carbocycles. The first kappa shape index (κ1) is 12.7. The molecule has 0 bridgehead atoms. The van der Waals surface area contributed by atoms with E-state index >= 15 is 0 Å². The van der Waals surface area contributed by atoms with Gasteiger partial charge in [-0.1, -0.05) is 17.3 Å². The summed E-state index contributed by atoms with van der Waals surface area (Å²) >= 11 is 0. The highest BCUT2D eigenvalue weighted by molar-refractivity contribution is 5.19. The molecule has 0 aliphatic heterocycles. The minimum absolute atomic E-state index is 0.253. The van der Waals surface area contributed by atoms with Crippen LogP contribution in [0.1, 0.15) is 31.1 Å². The van der Waals surface area contributed by atoms with Crippen LogP contribution in [0, 0.1) is 5.82 Å². The third kappa shape index (κ3) is 2.73. The third-order valence-corrected chi connectivity index (χ3v) is 2.83. The van der Waals surface area contributed by atoms with Crippen LogP contribution < -0.4 is 5.73 Å². The van der Waals surface area contributed by atoms with E-state index in [9.17, 15) is 4.39 Å². The van der Waals surface area contributed by atoms with Crippen molar-refractivity contribution in [3.63, 3.8) is 0 Å². The Morgan fingerprint density at radius 1 is 1.28 bits per heavy atom. The summed E-state index contributed by atoms with van der Waals surface area (Å²) in [5.74, 6) is 0.858. The van der Waals surface area contributed by atoms with Crippen molar-refractivity contribution in [3.8, 4) is 0 Å². The number of aromatic nitrogens is 2. The second-order valence-electron chi connectivity index (χ2n) is 4.91. The van der Waals surface area contributed by atoms with E-state index in [1.54, 1.807) is 12.1 Å². The van der Waals surface area contributed by atoms with Gasteiger partial charge in [0.15, 0.2) is 5.82 Å². The van der Waals surface area contributed by atoms with Crippen molar-refractivity contribution in [1.82, 2.24) is 10.1 Å². The molecule has 2 N–H and O–H groups in total. The second kappa shape index (κ2) is 4.86. The summed E-state index contributed by atoms with van der Waals surface area (Å²) < 4.78 is 18.0. The first-order chi connectivity index (χ1) is 8.51. The number of nitrogens with two attached hydrogens (primary N) is 1. The van der Waals surface area contributed by atoms with Crippen LogP contribution in [0.2, 0.25) is 0 Å². The minimum atomic E-state index is -0.325. The van der Waals surface area contributed by atoms with Gasteiger partial charge in [-0.15, -0.1) is 0 Å². The normalized spacial score (nSPS) is 11.8. The lowest BCUT2D eigenvalue weighted by molar-refractivity contribution is 0.309. The fraction of sp³-hybridized carbons (Fsp3) is 0.385. The minimum Gasteiger partial charge on any atom is -0.339 e. The molecule has 0 amide bonds. The van der Waals surface area contributed by atoms with Crippen LogP contribution in [0.4, 0.5) is 4.39 Å². The summed E-state index contributed by atoms with van der Waals surface area (Å²) in [5.41, 5.74) is 6.26. The number of rotatable bonds is 4. The molecule has 4 nitrogen and oxygen atoms in total. The number of benzene rings is 1. The largest absolute Gasteiger partial charge is 0.339 e. The lowest BCUT2D eigenvalue weighted by atomic mass is 9.94. The Kier molecular flexibility index (Phi) is 3.43. The Balaban J connectivity index is 2.14. The van der Waals surface area contributed by atoms with Gasteiger partial charge in [-0.05, 0) is 31.5 Å². The predicted molar refractivity (Wildman–Crippen MR) is 65.6 cm³/mol. The number of nitrogens with zero attached hydrogens (tertiary/aromatic N) is 2. The molecule has 0 aliphatic carbocycles. The van der Waals surface area contributed by atoms with Gasteiger partial charge in [0.1, 0.15) is 5.82 Å². The summed E-state index contributed by atoms with van der Waals surface area (Å²) in [6, 6.07) is 6.25. The molecule has 0 saturated heterocycles. The molecule has 0 spiro atoms. The SMILES string of the molecule is CC(C)(CN)c1nc(Cc2ccc(F)cc2)no1. The Bertz CT molecular complexity index is 519. The van der Waals surface area contributed by atoms with Crippen LogP contribution in [-0.2, 0) is 11.8 Å². The Hall–Kier alpha value is -1.75. The quantitative estimate of drug-likeness (QED) is 0.900. The number of hydrogen-bond donors (Lipinski definition) is 1. The standard InChI is InChI=1S/C13H16FN3O/c1-13(2,8-15)12-16-11(17-18-12)7-9-3-5-10(14)6-4-9/h3-6H,7-8,15H2,1-2H3. The third-order valence-electron chi connectivity index (χ3n) is 2.83. The van der Waals surface area contributed by atoms with E-state index in [1.807, 2.05) is 13.8 Å². The zero-order valence-corrected chi connectivity index (χ0v) is 10.5. The summed E-state index contributed by atoms with van der Waals surface area (Å²) in [6.07, 6.45) is 0.518. The maximum Gasteiger partial charge on any atom is 0.233 e. The molecule has 0 saturated carbocycles. The van der Waals surface area contributed by atoms with Gasteiger partial charge in [0.25, 0.3) is 0 Å². The molecule has 2 rings (SSSR count). The first-order valence-corrected chi connectivity index (χ1v) is 5.79. The maximum absolute atomic E-state index is 12.8. The summed E-state index contributed by atoms with van der Waals surface area (Å²) in [6.45, 7) is 4.33.